The van der Waals surface area contributed by atoms with E-state index in [1.807, 2.05) is 62.4 Å². The highest BCUT2D eigenvalue weighted by atomic mass is 32.2. The third kappa shape index (κ3) is 4.33. The number of ether oxygens (including phenoxy) is 1. The molecule has 3 aromatic rings. The lowest BCUT2D eigenvalue weighted by atomic mass is 10.2. The van der Waals surface area contributed by atoms with Gasteiger partial charge in [-0.1, -0.05) is 99.1 Å². The molecule has 1 saturated heterocycles. The van der Waals surface area contributed by atoms with Gasteiger partial charge in [-0.2, -0.15) is 0 Å². The maximum Gasteiger partial charge on any atom is 0.261 e. The second-order valence-electron chi connectivity index (χ2n) is 10.1. The number of hydrogen-bond acceptors (Lipinski definition) is 4. The summed E-state index contributed by atoms with van der Waals surface area (Å²) in [5.74, 6) is 0. The van der Waals surface area contributed by atoms with Crippen LogP contribution in [-0.2, 0) is 19.0 Å². The molecule has 0 aromatic heterocycles. The van der Waals surface area contributed by atoms with Crippen molar-refractivity contribution in [2.45, 2.75) is 55.6 Å². The SMILES string of the molecule is Cc1ccc(S(=O)(=O)C2O[C@]2(C)CO[Si](c2ccccc2)(c2ccccc2)C(C)(C)C)cc1. The van der Waals surface area contributed by atoms with Crippen LogP contribution in [0, 0.1) is 6.92 Å². The van der Waals surface area contributed by atoms with Gasteiger partial charge >= 0.3 is 0 Å². The van der Waals surface area contributed by atoms with E-state index in [0.717, 1.165) is 15.9 Å². The smallest absolute Gasteiger partial charge is 0.261 e. The van der Waals surface area contributed by atoms with Crippen molar-refractivity contribution < 1.29 is 17.6 Å². The molecule has 2 atom stereocenters. The van der Waals surface area contributed by atoms with Crippen LogP contribution in [0.1, 0.15) is 33.3 Å². The number of epoxide rings is 1. The van der Waals surface area contributed by atoms with E-state index < -0.39 is 29.2 Å². The zero-order valence-electron chi connectivity index (χ0n) is 19.9. The van der Waals surface area contributed by atoms with Gasteiger partial charge in [0.1, 0.15) is 5.60 Å². The first-order chi connectivity index (χ1) is 15.5. The molecular formula is C27H32O4SSi. The summed E-state index contributed by atoms with van der Waals surface area (Å²) in [5.41, 5.74) is -0.786. The number of benzene rings is 3. The van der Waals surface area contributed by atoms with Crippen LogP contribution in [0.4, 0.5) is 0 Å². The second kappa shape index (κ2) is 8.51. The summed E-state index contributed by atoms with van der Waals surface area (Å²) in [7, 11) is -6.38. The van der Waals surface area contributed by atoms with Crippen molar-refractivity contribution >= 4 is 28.5 Å². The van der Waals surface area contributed by atoms with Crippen molar-refractivity contribution in [1.29, 1.82) is 0 Å². The van der Waals surface area contributed by atoms with E-state index in [2.05, 4.69) is 45.0 Å². The summed E-state index contributed by atoms with van der Waals surface area (Å²) in [4.78, 5) is 0.285. The van der Waals surface area contributed by atoms with E-state index in [4.69, 9.17) is 9.16 Å². The molecule has 1 fully saturated rings. The summed E-state index contributed by atoms with van der Waals surface area (Å²) in [5, 5.41) is 2.13. The van der Waals surface area contributed by atoms with Crippen LogP contribution in [0.15, 0.2) is 89.8 Å². The fourth-order valence-electron chi connectivity index (χ4n) is 4.57. The Balaban J connectivity index is 1.68. The van der Waals surface area contributed by atoms with Gasteiger partial charge < -0.3 is 9.16 Å². The number of rotatable bonds is 7. The minimum absolute atomic E-state index is 0.188. The molecule has 4 nitrogen and oxygen atoms in total. The summed E-state index contributed by atoms with van der Waals surface area (Å²) < 4.78 is 39.2. The Bertz CT molecular complexity index is 1160. The Morgan fingerprint density at radius 1 is 0.879 bits per heavy atom. The highest BCUT2D eigenvalue weighted by Crippen LogP contribution is 2.45. The molecule has 0 amide bonds. The van der Waals surface area contributed by atoms with E-state index in [-0.39, 0.29) is 16.5 Å². The molecule has 0 saturated carbocycles. The number of aryl methyl sites for hydroxylation is 1. The Morgan fingerprint density at radius 2 is 1.36 bits per heavy atom. The molecular weight excluding hydrogens is 448 g/mol. The van der Waals surface area contributed by atoms with E-state index in [0.29, 0.717) is 0 Å². The van der Waals surface area contributed by atoms with Gasteiger partial charge in [0.05, 0.1) is 11.5 Å². The quantitative estimate of drug-likeness (QED) is 0.370. The van der Waals surface area contributed by atoms with Gasteiger partial charge in [0.15, 0.2) is 5.44 Å². The molecule has 1 aliphatic heterocycles. The van der Waals surface area contributed by atoms with Crippen LogP contribution in [0.25, 0.3) is 0 Å². The van der Waals surface area contributed by atoms with Gasteiger partial charge in [-0.25, -0.2) is 8.42 Å². The third-order valence-electron chi connectivity index (χ3n) is 6.44. The van der Waals surface area contributed by atoms with Crippen molar-refractivity contribution in [1.82, 2.24) is 0 Å². The molecule has 0 N–H and O–H groups in total. The lowest BCUT2D eigenvalue weighted by Gasteiger charge is -2.43. The number of hydrogen-bond donors (Lipinski definition) is 0. The average molecular weight is 481 g/mol. The van der Waals surface area contributed by atoms with E-state index in [9.17, 15) is 8.42 Å². The second-order valence-corrected chi connectivity index (χ2v) is 16.4. The molecule has 1 unspecified atom stereocenters. The molecule has 6 heteroatoms. The lowest BCUT2D eigenvalue weighted by Crippen LogP contribution is -2.67. The minimum atomic E-state index is -3.61. The van der Waals surface area contributed by atoms with Gasteiger partial charge in [0, 0.05) is 0 Å². The van der Waals surface area contributed by atoms with Crippen LogP contribution in [0.5, 0.6) is 0 Å². The molecule has 174 valence electrons. The van der Waals surface area contributed by atoms with Crippen molar-refractivity contribution in [2.24, 2.45) is 0 Å². The summed E-state index contributed by atoms with van der Waals surface area (Å²) in [6.45, 7) is 10.6. The molecule has 0 radical (unpaired) electrons. The Kier molecular flexibility index (Phi) is 6.16. The normalized spacial score (nSPS) is 21.1. The zero-order chi connectivity index (χ0) is 23.9. The van der Waals surface area contributed by atoms with Gasteiger partial charge in [0.25, 0.3) is 8.32 Å². The highest BCUT2D eigenvalue weighted by Gasteiger charge is 2.62. The monoisotopic (exact) mass is 480 g/mol. The van der Waals surface area contributed by atoms with E-state index in [1.54, 1.807) is 12.1 Å². The third-order valence-corrected chi connectivity index (χ3v) is 13.5. The molecule has 1 aliphatic rings. The summed E-state index contributed by atoms with van der Waals surface area (Å²) >= 11 is 0. The number of sulfone groups is 1. The zero-order valence-corrected chi connectivity index (χ0v) is 21.7. The van der Waals surface area contributed by atoms with Crippen molar-refractivity contribution in [3.8, 4) is 0 Å². The Hall–Kier alpha value is -2.25. The van der Waals surface area contributed by atoms with Gasteiger partial charge in [-0.3, -0.25) is 0 Å². The first-order valence-electron chi connectivity index (χ1n) is 11.2. The predicted octanol–water partition coefficient (Wildman–Crippen LogP) is 4.46. The highest BCUT2D eigenvalue weighted by molar-refractivity contribution is 7.92. The van der Waals surface area contributed by atoms with Gasteiger partial charge in [0.2, 0.25) is 9.84 Å². The fraction of sp³-hybridized carbons (Fsp3) is 0.333. The van der Waals surface area contributed by atoms with Gasteiger partial charge in [-0.15, -0.1) is 0 Å². The molecule has 1 heterocycles. The fourth-order valence-corrected chi connectivity index (χ4v) is 11.1. The standard InChI is InChI=1S/C27H32O4SSi/c1-21-16-18-22(19-17-21)32(28,29)25-27(5,31-25)20-30-33(26(2,3)4,23-12-8-6-9-13-23)24-14-10-7-11-15-24/h6-19,25H,20H2,1-5H3/t25?,27-/m1/s1. The van der Waals surface area contributed by atoms with Gasteiger partial charge in [-0.05, 0) is 41.4 Å². The maximum atomic E-state index is 13.2. The molecule has 0 bridgehead atoms. The van der Waals surface area contributed by atoms with Crippen molar-refractivity contribution in [2.75, 3.05) is 6.61 Å². The first kappa shape index (κ1) is 23.9. The molecule has 3 aromatic carbocycles. The largest absolute Gasteiger partial charge is 0.404 e. The lowest BCUT2D eigenvalue weighted by molar-refractivity contribution is 0.193. The van der Waals surface area contributed by atoms with E-state index in [1.165, 1.54) is 0 Å². The predicted molar refractivity (Wildman–Crippen MR) is 135 cm³/mol. The maximum absolute atomic E-state index is 13.2. The molecule has 0 spiro atoms. The van der Waals surface area contributed by atoms with Crippen molar-refractivity contribution in [3.63, 3.8) is 0 Å². The molecule has 4 rings (SSSR count). The Morgan fingerprint density at radius 3 is 1.82 bits per heavy atom. The Labute approximate surface area is 198 Å². The van der Waals surface area contributed by atoms with Crippen molar-refractivity contribution in [3.05, 3.63) is 90.5 Å². The summed E-state index contributed by atoms with van der Waals surface area (Å²) in [6.07, 6.45) is 0. The van der Waals surface area contributed by atoms with Crippen LogP contribution in [-0.4, -0.2) is 34.4 Å². The van der Waals surface area contributed by atoms with Crippen LogP contribution in [0.2, 0.25) is 5.04 Å². The minimum Gasteiger partial charge on any atom is -0.404 e. The molecule has 33 heavy (non-hydrogen) atoms. The summed E-state index contributed by atoms with van der Waals surface area (Å²) in [6, 6.07) is 27.6. The van der Waals surface area contributed by atoms with Crippen LogP contribution in [0.3, 0.4) is 0 Å². The first-order valence-corrected chi connectivity index (χ1v) is 14.7. The van der Waals surface area contributed by atoms with Crippen LogP contribution < -0.4 is 10.4 Å². The van der Waals surface area contributed by atoms with E-state index >= 15 is 0 Å². The average Bonchev–Trinajstić information content (AvgIpc) is 3.48. The van der Waals surface area contributed by atoms with Crippen LogP contribution >= 0.6 is 0 Å². The molecule has 0 aliphatic carbocycles. The topological polar surface area (TPSA) is 55.9 Å².